The van der Waals surface area contributed by atoms with Crippen LogP contribution in [0.2, 0.25) is 0 Å². The number of carbonyl (C=O) groups is 2. The lowest BCUT2D eigenvalue weighted by atomic mass is 10.1. The molecule has 0 fully saturated rings. The number of phenolic OH excluding ortho intramolecular Hbond substituents is 1. The molecule has 0 aliphatic carbocycles. The number of hydrogen-bond donors (Lipinski definition) is 3. The highest BCUT2D eigenvalue weighted by Crippen LogP contribution is 2.23. The van der Waals surface area contributed by atoms with Gasteiger partial charge in [0.05, 0.1) is 11.3 Å². The number of halogens is 1. The molecule has 0 unspecified atom stereocenters. The minimum Gasteiger partial charge on any atom is -0.507 e. The van der Waals surface area contributed by atoms with E-state index < -0.39 is 0 Å². The number of aryl methyl sites for hydroxylation is 2. The third kappa shape index (κ3) is 4.88. The smallest absolute Gasteiger partial charge is 0.255 e. The van der Waals surface area contributed by atoms with E-state index >= 15 is 0 Å². The summed E-state index contributed by atoms with van der Waals surface area (Å²) in [5.74, 6) is -0.889. The topological polar surface area (TPSA) is 96.3 Å². The number of nitrogens with one attached hydrogen (secondary N) is 2. The van der Waals surface area contributed by atoms with Crippen LogP contribution in [0.25, 0.3) is 0 Å². The van der Waals surface area contributed by atoms with Gasteiger partial charge >= 0.3 is 0 Å². The van der Waals surface area contributed by atoms with Crippen molar-refractivity contribution in [3.05, 3.63) is 75.0 Å². The number of hydrogen-bond acceptors (Lipinski definition) is 4. The Morgan fingerprint density at radius 1 is 1.13 bits per heavy atom. The van der Waals surface area contributed by atoms with Crippen molar-refractivity contribution in [2.24, 2.45) is 7.05 Å². The maximum Gasteiger partial charge on any atom is 0.255 e. The van der Waals surface area contributed by atoms with Crippen LogP contribution in [0.3, 0.4) is 0 Å². The molecule has 0 bridgehead atoms. The molecular formula is C22H23BrN4O3. The van der Waals surface area contributed by atoms with E-state index in [4.69, 9.17) is 0 Å². The van der Waals surface area contributed by atoms with Gasteiger partial charge in [-0.25, -0.2) is 0 Å². The number of carbonyl (C=O) groups excluding carboxylic acids is 2. The third-order valence-corrected chi connectivity index (χ3v) is 5.40. The highest BCUT2D eigenvalue weighted by Gasteiger charge is 2.14. The van der Waals surface area contributed by atoms with Crippen molar-refractivity contribution in [3.63, 3.8) is 0 Å². The summed E-state index contributed by atoms with van der Waals surface area (Å²) in [6, 6.07) is 11.4. The predicted molar refractivity (Wildman–Crippen MR) is 119 cm³/mol. The van der Waals surface area contributed by atoms with E-state index in [0.717, 1.165) is 21.4 Å². The Hall–Kier alpha value is -3.13. The van der Waals surface area contributed by atoms with E-state index in [9.17, 15) is 14.7 Å². The lowest BCUT2D eigenvalue weighted by Crippen LogP contribution is -2.26. The summed E-state index contributed by atoms with van der Waals surface area (Å²) in [7, 11) is 1.89. The maximum atomic E-state index is 12.4. The fourth-order valence-electron chi connectivity index (χ4n) is 3.21. The Labute approximate surface area is 183 Å². The summed E-state index contributed by atoms with van der Waals surface area (Å²) in [6.45, 7) is 4.36. The van der Waals surface area contributed by atoms with E-state index in [1.165, 1.54) is 12.1 Å². The number of aromatic hydroxyl groups is 1. The zero-order valence-corrected chi connectivity index (χ0v) is 18.6. The first-order valence-corrected chi connectivity index (χ1v) is 10.2. The fraction of sp³-hybridized carbons (Fsp3) is 0.227. The molecule has 0 radical (unpaired) electrons. The molecule has 1 heterocycles. The summed E-state index contributed by atoms with van der Waals surface area (Å²) < 4.78 is 2.61. The second-order valence-electron chi connectivity index (χ2n) is 6.98. The number of aromatic nitrogens is 2. The molecule has 3 rings (SSSR count). The average Bonchev–Trinajstić information content (AvgIpc) is 2.94. The van der Waals surface area contributed by atoms with Gasteiger partial charge in [-0.2, -0.15) is 5.10 Å². The normalized spacial score (nSPS) is 10.7. The number of rotatable bonds is 6. The molecule has 0 aliphatic heterocycles. The molecule has 2 aromatic carbocycles. The zero-order chi connectivity index (χ0) is 21.8. The molecule has 30 heavy (non-hydrogen) atoms. The molecule has 0 aliphatic rings. The number of benzene rings is 2. The molecule has 7 nitrogen and oxygen atoms in total. The summed E-state index contributed by atoms with van der Waals surface area (Å²) in [4.78, 5) is 24.8. The molecule has 1 aromatic heterocycles. The lowest BCUT2D eigenvalue weighted by molar-refractivity contribution is 0.0951. The number of amides is 2. The summed E-state index contributed by atoms with van der Waals surface area (Å²) in [5, 5.41) is 20.2. The van der Waals surface area contributed by atoms with Gasteiger partial charge in [0.25, 0.3) is 11.8 Å². The monoisotopic (exact) mass is 470 g/mol. The largest absolute Gasteiger partial charge is 0.507 e. The highest BCUT2D eigenvalue weighted by molar-refractivity contribution is 9.10. The maximum absolute atomic E-state index is 12.4. The number of anilines is 1. The molecule has 8 heteroatoms. The minimum atomic E-state index is -0.378. The molecule has 0 spiro atoms. The fourth-order valence-corrected chi connectivity index (χ4v) is 3.61. The van der Waals surface area contributed by atoms with Crippen LogP contribution in [-0.2, 0) is 13.5 Å². The second-order valence-corrected chi connectivity index (χ2v) is 7.89. The van der Waals surface area contributed by atoms with Gasteiger partial charge in [-0.1, -0.05) is 22.0 Å². The molecular weight excluding hydrogens is 448 g/mol. The van der Waals surface area contributed by atoms with E-state index in [2.05, 4.69) is 31.7 Å². The van der Waals surface area contributed by atoms with Crippen LogP contribution in [-0.4, -0.2) is 33.2 Å². The summed E-state index contributed by atoms with van der Waals surface area (Å²) in [6.07, 6.45) is 0.652. The van der Waals surface area contributed by atoms with Crippen molar-refractivity contribution in [2.45, 2.75) is 20.3 Å². The van der Waals surface area contributed by atoms with Crippen molar-refractivity contribution in [2.75, 3.05) is 11.9 Å². The quantitative estimate of drug-likeness (QED) is 0.511. The molecule has 3 N–H and O–H groups in total. The van der Waals surface area contributed by atoms with Gasteiger partial charge in [-0.15, -0.1) is 0 Å². The Bertz CT molecular complexity index is 1110. The zero-order valence-electron chi connectivity index (χ0n) is 17.0. The van der Waals surface area contributed by atoms with Gasteiger partial charge in [0, 0.05) is 41.1 Å². The standard InChI is InChI=1S/C22H23BrN4O3/c1-13-18(14(2)27(3)26-13)9-10-24-22(30)19-8-7-17(12-20(19)28)25-21(29)15-5-4-6-16(23)11-15/h4-8,11-12,28H,9-10H2,1-3H3,(H,24,30)(H,25,29). The van der Waals surface area contributed by atoms with E-state index in [-0.39, 0.29) is 23.1 Å². The molecule has 3 aromatic rings. The van der Waals surface area contributed by atoms with E-state index in [0.29, 0.717) is 24.2 Å². The Morgan fingerprint density at radius 3 is 2.53 bits per heavy atom. The predicted octanol–water partition coefficient (Wildman–Crippen LogP) is 3.73. The van der Waals surface area contributed by atoms with Crippen LogP contribution >= 0.6 is 15.9 Å². The van der Waals surface area contributed by atoms with Crippen molar-refractivity contribution >= 4 is 33.4 Å². The van der Waals surface area contributed by atoms with Crippen molar-refractivity contribution < 1.29 is 14.7 Å². The van der Waals surface area contributed by atoms with Crippen LogP contribution in [0.5, 0.6) is 5.75 Å². The van der Waals surface area contributed by atoms with Crippen molar-refractivity contribution in [3.8, 4) is 5.75 Å². The molecule has 0 saturated carbocycles. The first-order chi connectivity index (χ1) is 14.3. The number of nitrogens with zero attached hydrogens (tertiary/aromatic N) is 2. The van der Waals surface area contributed by atoms with E-state index in [1.54, 1.807) is 24.3 Å². The van der Waals surface area contributed by atoms with Crippen LogP contribution in [0.15, 0.2) is 46.9 Å². The van der Waals surface area contributed by atoms with Gasteiger partial charge in [0.15, 0.2) is 0 Å². The van der Waals surface area contributed by atoms with Crippen LogP contribution < -0.4 is 10.6 Å². The van der Waals surface area contributed by atoms with Crippen molar-refractivity contribution in [1.82, 2.24) is 15.1 Å². The first kappa shape index (κ1) is 21.6. The number of phenols is 1. The highest BCUT2D eigenvalue weighted by atomic mass is 79.9. The molecule has 0 saturated heterocycles. The molecule has 2 amide bonds. The Morgan fingerprint density at radius 2 is 1.90 bits per heavy atom. The molecule has 156 valence electrons. The van der Waals surface area contributed by atoms with Crippen LogP contribution in [0.4, 0.5) is 5.69 Å². The summed E-state index contributed by atoms with van der Waals surface area (Å²) >= 11 is 3.33. The molecule has 0 atom stereocenters. The van der Waals surface area contributed by atoms with Gasteiger partial charge in [0.2, 0.25) is 0 Å². The third-order valence-electron chi connectivity index (χ3n) is 4.91. The van der Waals surface area contributed by atoms with Gasteiger partial charge in [-0.3, -0.25) is 14.3 Å². The van der Waals surface area contributed by atoms with Gasteiger partial charge in [0.1, 0.15) is 5.75 Å². The average molecular weight is 471 g/mol. The van der Waals surface area contributed by atoms with Gasteiger partial charge in [-0.05, 0) is 56.2 Å². The second kappa shape index (κ2) is 9.13. The SMILES string of the molecule is Cc1nn(C)c(C)c1CCNC(=O)c1ccc(NC(=O)c2cccc(Br)c2)cc1O. The minimum absolute atomic E-state index is 0.148. The van der Waals surface area contributed by atoms with E-state index in [1.807, 2.05) is 31.6 Å². The Kier molecular flexibility index (Phi) is 6.56. The van der Waals surface area contributed by atoms with Crippen LogP contribution in [0, 0.1) is 13.8 Å². The lowest BCUT2D eigenvalue weighted by Gasteiger charge is -2.10. The van der Waals surface area contributed by atoms with Crippen molar-refractivity contribution in [1.29, 1.82) is 0 Å². The van der Waals surface area contributed by atoms with Gasteiger partial charge < -0.3 is 15.7 Å². The Balaban J connectivity index is 1.61. The first-order valence-electron chi connectivity index (χ1n) is 9.43. The summed E-state index contributed by atoms with van der Waals surface area (Å²) in [5.41, 5.74) is 4.14. The van der Waals surface area contributed by atoms with Crippen LogP contribution in [0.1, 0.15) is 37.7 Å².